The lowest BCUT2D eigenvalue weighted by molar-refractivity contribution is -0.180. The molecule has 0 aromatic carbocycles. The summed E-state index contributed by atoms with van der Waals surface area (Å²) in [4.78, 5) is 0. The van der Waals surface area contributed by atoms with Crippen molar-refractivity contribution in [2.75, 3.05) is 13.2 Å². The van der Waals surface area contributed by atoms with Gasteiger partial charge in [0.2, 0.25) is 0 Å². The lowest BCUT2D eigenvalue weighted by atomic mass is 9.94. The van der Waals surface area contributed by atoms with Crippen molar-refractivity contribution in [3.05, 3.63) is 0 Å². The lowest BCUT2D eigenvalue weighted by Gasteiger charge is -2.35. The molecule has 0 amide bonds. The van der Waals surface area contributed by atoms with E-state index in [0.717, 1.165) is 36.3 Å². The van der Waals surface area contributed by atoms with Gasteiger partial charge in [-0.15, -0.1) is 0 Å². The Bertz CT molecular complexity index is 226. The minimum absolute atomic E-state index is 0.300. The minimum Gasteiger partial charge on any atom is -0.355 e. The monoisotopic (exact) mass is 287 g/mol. The van der Waals surface area contributed by atoms with Crippen molar-refractivity contribution in [1.82, 2.24) is 5.32 Å². The van der Waals surface area contributed by atoms with E-state index in [1.165, 1.54) is 32.1 Å². The van der Waals surface area contributed by atoms with E-state index in [4.69, 9.17) is 9.47 Å². The van der Waals surface area contributed by atoms with E-state index in [9.17, 15) is 0 Å². The molecule has 0 radical (unpaired) electrons. The van der Waals surface area contributed by atoms with E-state index in [1.807, 2.05) is 0 Å². The van der Waals surface area contributed by atoms with Crippen LogP contribution in [0.1, 0.15) is 65.7 Å². The molecule has 0 aromatic heterocycles. The average Bonchev–Trinajstić information content (AvgIpc) is 2.39. The maximum absolute atomic E-state index is 5.89. The Hall–Kier alpha value is 0.0969. The van der Waals surface area contributed by atoms with Crippen molar-refractivity contribution in [3.63, 3.8) is 0 Å². The van der Waals surface area contributed by atoms with E-state index in [0.29, 0.717) is 12.1 Å². The Morgan fingerprint density at radius 2 is 1.68 bits per heavy atom. The molecule has 1 rings (SSSR count). The molecule has 0 heterocycles. The lowest BCUT2D eigenvalue weighted by Crippen LogP contribution is -2.47. The fourth-order valence-electron chi connectivity index (χ4n) is 3.14. The van der Waals surface area contributed by atoms with Gasteiger partial charge in [0, 0.05) is 31.7 Å². The first-order chi connectivity index (χ1) is 9.13. The van der Waals surface area contributed by atoms with Crippen LogP contribution in [-0.2, 0) is 9.47 Å². The SMILES string of the molecule is CCOC([SiH3])(CC(CC)NC1CCCCC1)OCC. The van der Waals surface area contributed by atoms with Gasteiger partial charge in [0.05, 0.1) is 10.2 Å². The predicted molar refractivity (Wildman–Crippen MR) is 84.6 cm³/mol. The fraction of sp³-hybridized carbons (Fsp3) is 1.00. The van der Waals surface area contributed by atoms with Crippen LogP contribution in [0.15, 0.2) is 0 Å². The van der Waals surface area contributed by atoms with E-state index < -0.39 is 0 Å². The fourth-order valence-corrected chi connectivity index (χ4v) is 4.21. The Labute approximate surface area is 122 Å². The number of hydrogen-bond donors (Lipinski definition) is 1. The molecule has 0 aromatic rings. The highest BCUT2D eigenvalue weighted by molar-refractivity contribution is 6.13. The largest absolute Gasteiger partial charge is 0.355 e. The first-order valence-electron chi connectivity index (χ1n) is 8.17. The summed E-state index contributed by atoms with van der Waals surface area (Å²) < 4.78 is 11.8. The van der Waals surface area contributed by atoms with Crippen molar-refractivity contribution in [1.29, 1.82) is 0 Å². The second-order valence-electron chi connectivity index (χ2n) is 5.81. The van der Waals surface area contributed by atoms with Crippen LogP contribution >= 0.6 is 0 Å². The van der Waals surface area contributed by atoms with E-state index in [-0.39, 0.29) is 5.41 Å². The molecule has 19 heavy (non-hydrogen) atoms. The normalized spacial score (nSPS) is 19.7. The van der Waals surface area contributed by atoms with Gasteiger partial charge < -0.3 is 14.8 Å². The van der Waals surface area contributed by atoms with Gasteiger partial charge >= 0.3 is 0 Å². The zero-order chi connectivity index (χ0) is 14.1. The molecule has 1 saturated carbocycles. The Kier molecular flexibility index (Phi) is 8.22. The number of rotatable bonds is 9. The standard InChI is InChI=1S/C15H33NO2Si/c1-4-13(16-14-10-8-7-9-11-14)12-15(19,17-5-2)18-6-3/h13-14,16H,4-12H2,1-3,19H3. The summed E-state index contributed by atoms with van der Waals surface area (Å²) in [5.41, 5.74) is -0.300. The first kappa shape index (κ1) is 17.1. The Morgan fingerprint density at radius 1 is 1.11 bits per heavy atom. The summed E-state index contributed by atoms with van der Waals surface area (Å²) in [5, 5.41) is 3.84. The van der Waals surface area contributed by atoms with Gasteiger partial charge in [0.25, 0.3) is 0 Å². The number of hydrogen-bond acceptors (Lipinski definition) is 3. The predicted octanol–water partition coefficient (Wildman–Crippen LogP) is 2.17. The number of nitrogens with one attached hydrogen (secondary N) is 1. The van der Waals surface area contributed by atoms with Crippen molar-refractivity contribution in [3.8, 4) is 0 Å². The van der Waals surface area contributed by atoms with Crippen LogP contribution in [-0.4, -0.2) is 41.0 Å². The van der Waals surface area contributed by atoms with Gasteiger partial charge in [-0.3, -0.25) is 0 Å². The molecule has 3 nitrogen and oxygen atoms in total. The molecule has 1 atom stereocenters. The molecule has 0 aliphatic heterocycles. The minimum atomic E-state index is -0.300. The quantitative estimate of drug-likeness (QED) is 0.521. The maximum Gasteiger partial charge on any atom is 0.143 e. The highest BCUT2D eigenvalue weighted by Gasteiger charge is 2.29. The van der Waals surface area contributed by atoms with Crippen molar-refractivity contribution in [2.24, 2.45) is 0 Å². The molecule has 4 heteroatoms. The number of ether oxygens (including phenoxy) is 2. The molecule has 114 valence electrons. The topological polar surface area (TPSA) is 30.5 Å². The zero-order valence-electron chi connectivity index (χ0n) is 13.3. The molecule has 1 N–H and O–H groups in total. The Morgan fingerprint density at radius 3 is 2.16 bits per heavy atom. The van der Waals surface area contributed by atoms with Crippen LogP contribution in [0.4, 0.5) is 0 Å². The van der Waals surface area contributed by atoms with Gasteiger partial charge in [-0.25, -0.2) is 0 Å². The van der Waals surface area contributed by atoms with Crippen molar-refractivity contribution >= 4 is 10.2 Å². The van der Waals surface area contributed by atoms with Crippen LogP contribution in [0.5, 0.6) is 0 Å². The van der Waals surface area contributed by atoms with Crippen molar-refractivity contribution in [2.45, 2.75) is 83.2 Å². The second kappa shape index (κ2) is 9.11. The third kappa shape index (κ3) is 6.39. The zero-order valence-corrected chi connectivity index (χ0v) is 15.3. The second-order valence-corrected chi connectivity index (χ2v) is 7.33. The molecule has 1 unspecified atom stereocenters. The third-order valence-corrected chi connectivity index (χ3v) is 5.07. The summed E-state index contributed by atoms with van der Waals surface area (Å²) >= 11 is 0. The van der Waals surface area contributed by atoms with Crippen LogP contribution in [0.3, 0.4) is 0 Å². The van der Waals surface area contributed by atoms with Crippen LogP contribution in [0.2, 0.25) is 0 Å². The molecular weight excluding hydrogens is 254 g/mol. The average molecular weight is 288 g/mol. The summed E-state index contributed by atoms with van der Waals surface area (Å²) in [6, 6.07) is 1.24. The molecule has 0 spiro atoms. The van der Waals surface area contributed by atoms with Gasteiger partial charge in [0.15, 0.2) is 0 Å². The van der Waals surface area contributed by atoms with Crippen LogP contribution in [0, 0.1) is 0 Å². The molecule has 1 fully saturated rings. The highest BCUT2D eigenvalue weighted by Crippen LogP contribution is 2.22. The van der Waals surface area contributed by atoms with E-state index in [2.05, 4.69) is 26.1 Å². The summed E-state index contributed by atoms with van der Waals surface area (Å²) in [6.07, 6.45) is 9.02. The van der Waals surface area contributed by atoms with Crippen LogP contribution < -0.4 is 5.32 Å². The van der Waals surface area contributed by atoms with E-state index >= 15 is 0 Å². The van der Waals surface area contributed by atoms with Crippen LogP contribution in [0.25, 0.3) is 0 Å². The highest BCUT2D eigenvalue weighted by atomic mass is 28.1. The first-order valence-corrected chi connectivity index (χ1v) is 9.17. The summed E-state index contributed by atoms with van der Waals surface area (Å²) in [7, 11) is 0.924. The third-order valence-electron chi connectivity index (χ3n) is 4.09. The molecule has 1 aliphatic rings. The maximum atomic E-state index is 5.89. The Balaban J connectivity index is 2.47. The smallest absolute Gasteiger partial charge is 0.143 e. The molecular formula is C15H33NO2Si. The molecule has 0 saturated heterocycles. The summed E-state index contributed by atoms with van der Waals surface area (Å²) in [6.45, 7) is 7.86. The van der Waals surface area contributed by atoms with Gasteiger partial charge in [-0.05, 0) is 33.1 Å². The van der Waals surface area contributed by atoms with Gasteiger partial charge in [-0.2, -0.15) is 0 Å². The molecule has 1 aliphatic carbocycles. The van der Waals surface area contributed by atoms with Crippen molar-refractivity contribution < 1.29 is 9.47 Å². The summed E-state index contributed by atoms with van der Waals surface area (Å²) in [5.74, 6) is 0. The van der Waals surface area contributed by atoms with E-state index in [1.54, 1.807) is 0 Å². The van der Waals surface area contributed by atoms with Gasteiger partial charge in [-0.1, -0.05) is 26.2 Å². The molecule has 0 bridgehead atoms. The van der Waals surface area contributed by atoms with Gasteiger partial charge in [0.1, 0.15) is 5.41 Å².